The van der Waals surface area contributed by atoms with Gasteiger partial charge in [0.2, 0.25) is 0 Å². The van der Waals surface area contributed by atoms with Crippen LogP contribution in [0.3, 0.4) is 0 Å². The number of rotatable bonds is 5. The largest absolute Gasteiger partial charge is 0.497 e. The van der Waals surface area contributed by atoms with Crippen LogP contribution < -0.4 is 10.2 Å². The Morgan fingerprint density at radius 3 is 2.71 bits per heavy atom. The molecule has 2 rings (SSSR count). The zero-order valence-electron chi connectivity index (χ0n) is 12.2. The summed E-state index contributed by atoms with van der Waals surface area (Å²) in [6.07, 6.45) is 1.63. The maximum atomic E-state index is 12.2. The van der Waals surface area contributed by atoms with E-state index >= 15 is 0 Å². The third-order valence-corrected chi connectivity index (χ3v) is 4.83. The number of hydrogen-bond donors (Lipinski definition) is 1. The van der Waals surface area contributed by atoms with E-state index in [2.05, 4.69) is 10.5 Å². The first-order chi connectivity index (χ1) is 10.1. The monoisotopic (exact) mass is 324 g/mol. The number of thiophene rings is 1. The number of carbonyl (C=O) groups excluding carboxylic acids is 1. The summed E-state index contributed by atoms with van der Waals surface area (Å²) in [7, 11) is 1.61. The third-order valence-electron chi connectivity index (χ3n) is 3.17. The van der Waals surface area contributed by atoms with Crippen molar-refractivity contribution in [2.45, 2.75) is 26.7 Å². The zero-order chi connectivity index (χ0) is 15.4. The summed E-state index contributed by atoms with van der Waals surface area (Å²) in [6, 6.07) is 5.55. The maximum absolute atomic E-state index is 12.2. The lowest BCUT2D eigenvalue weighted by Crippen LogP contribution is -2.18. The van der Waals surface area contributed by atoms with Crippen LogP contribution in [0.4, 0.5) is 0 Å². The van der Waals surface area contributed by atoms with Crippen molar-refractivity contribution in [1.82, 2.24) is 5.43 Å². The quantitative estimate of drug-likeness (QED) is 0.651. The standard InChI is InChI=1S/C15H17ClN2O2S/c1-4-9(5-2)17-18-15(19)14-13(16)11-7-6-10(20-3)8-12(11)21-14/h6-8H,4-5H2,1-3H3,(H,18,19). The highest BCUT2D eigenvalue weighted by molar-refractivity contribution is 7.21. The molecule has 4 nitrogen and oxygen atoms in total. The van der Waals surface area contributed by atoms with Crippen LogP contribution in [-0.2, 0) is 0 Å². The molecule has 0 aliphatic heterocycles. The van der Waals surface area contributed by atoms with Crippen LogP contribution in [-0.4, -0.2) is 18.7 Å². The van der Waals surface area contributed by atoms with Gasteiger partial charge in [-0.25, -0.2) is 5.43 Å². The lowest BCUT2D eigenvalue weighted by atomic mass is 10.2. The number of carbonyl (C=O) groups is 1. The first-order valence-electron chi connectivity index (χ1n) is 6.72. The number of nitrogens with one attached hydrogen (secondary N) is 1. The normalized spacial score (nSPS) is 10.5. The van der Waals surface area contributed by atoms with Gasteiger partial charge in [0.15, 0.2) is 0 Å². The van der Waals surface area contributed by atoms with Gasteiger partial charge in [-0.1, -0.05) is 25.4 Å². The molecule has 1 heterocycles. The summed E-state index contributed by atoms with van der Waals surface area (Å²) < 4.78 is 6.10. The number of ether oxygens (including phenoxy) is 1. The van der Waals surface area contributed by atoms with Crippen LogP contribution in [0.1, 0.15) is 36.4 Å². The van der Waals surface area contributed by atoms with Crippen LogP contribution in [0, 0.1) is 0 Å². The van der Waals surface area contributed by atoms with E-state index in [-0.39, 0.29) is 5.91 Å². The van der Waals surface area contributed by atoms with Crippen molar-refractivity contribution >= 4 is 44.6 Å². The SMILES string of the molecule is CCC(CC)=NNC(=O)c1sc2cc(OC)ccc2c1Cl. The van der Waals surface area contributed by atoms with Crippen molar-refractivity contribution in [3.63, 3.8) is 0 Å². The molecule has 0 unspecified atom stereocenters. The fraction of sp³-hybridized carbons (Fsp3) is 0.333. The van der Waals surface area contributed by atoms with E-state index in [9.17, 15) is 4.79 Å². The van der Waals surface area contributed by atoms with Gasteiger partial charge < -0.3 is 4.74 Å². The van der Waals surface area contributed by atoms with Gasteiger partial charge >= 0.3 is 0 Å². The number of methoxy groups -OCH3 is 1. The van der Waals surface area contributed by atoms with E-state index in [1.807, 2.05) is 32.0 Å². The van der Waals surface area contributed by atoms with Gasteiger partial charge in [-0.15, -0.1) is 11.3 Å². The van der Waals surface area contributed by atoms with Gasteiger partial charge in [-0.05, 0) is 31.0 Å². The second kappa shape index (κ2) is 6.91. The van der Waals surface area contributed by atoms with E-state index in [0.29, 0.717) is 9.90 Å². The van der Waals surface area contributed by atoms with Gasteiger partial charge in [0.05, 0.1) is 12.1 Å². The molecule has 1 aromatic carbocycles. The number of amides is 1. The first-order valence-corrected chi connectivity index (χ1v) is 7.91. The number of halogens is 1. The van der Waals surface area contributed by atoms with E-state index in [0.717, 1.165) is 34.4 Å². The van der Waals surface area contributed by atoms with Crippen molar-refractivity contribution in [2.75, 3.05) is 7.11 Å². The molecular formula is C15H17ClN2O2S. The van der Waals surface area contributed by atoms with Crippen LogP contribution in [0.25, 0.3) is 10.1 Å². The Morgan fingerprint density at radius 2 is 2.10 bits per heavy atom. The third kappa shape index (κ3) is 3.36. The lowest BCUT2D eigenvalue weighted by molar-refractivity contribution is 0.0959. The van der Waals surface area contributed by atoms with E-state index < -0.39 is 0 Å². The summed E-state index contributed by atoms with van der Waals surface area (Å²) in [5.41, 5.74) is 3.52. The number of nitrogens with zero attached hydrogens (tertiary/aromatic N) is 1. The van der Waals surface area contributed by atoms with E-state index in [4.69, 9.17) is 16.3 Å². The Bertz CT molecular complexity index is 688. The fourth-order valence-electron chi connectivity index (χ4n) is 1.91. The van der Waals surface area contributed by atoms with Crippen molar-refractivity contribution in [2.24, 2.45) is 5.10 Å². The average molecular weight is 325 g/mol. The highest BCUT2D eigenvalue weighted by Crippen LogP contribution is 2.37. The highest BCUT2D eigenvalue weighted by atomic mass is 35.5. The Labute approximate surface area is 132 Å². The topological polar surface area (TPSA) is 50.7 Å². The number of hydrogen-bond acceptors (Lipinski definition) is 4. The summed E-state index contributed by atoms with van der Waals surface area (Å²) in [4.78, 5) is 12.7. The van der Waals surface area contributed by atoms with Gasteiger partial charge in [0, 0.05) is 15.8 Å². The molecule has 1 amide bonds. The molecule has 0 bridgehead atoms. The molecule has 0 saturated carbocycles. The molecule has 6 heteroatoms. The Hall–Kier alpha value is -1.59. The molecule has 0 aliphatic carbocycles. The first kappa shape index (κ1) is 15.8. The Kier molecular flexibility index (Phi) is 5.20. The minimum atomic E-state index is -0.278. The predicted molar refractivity (Wildman–Crippen MR) is 88.9 cm³/mol. The molecule has 1 aromatic heterocycles. The second-order valence-corrected chi connectivity index (χ2v) is 5.86. The minimum absolute atomic E-state index is 0.278. The Balaban J connectivity index is 2.31. The minimum Gasteiger partial charge on any atom is -0.497 e. The van der Waals surface area contributed by atoms with Crippen LogP contribution in [0.2, 0.25) is 5.02 Å². The molecule has 1 N–H and O–H groups in total. The fourth-order valence-corrected chi connectivity index (χ4v) is 3.34. The van der Waals surface area contributed by atoms with Gasteiger partial charge in [-0.2, -0.15) is 5.10 Å². The number of benzene rings is 1. The Morgan fingerprint density at radius 1 is 1.38 bits per heavy atom. The summed E-state index contributed by atoms with van der Waals surface area (Å²) in [5, 5.41) is 5.43. The predicted octanol–water partition coefficient (Wildman–Crippen LogP) is 4.47. The summed E-state index contributed by atoms with van der Waals surface area (Å²) in [6.45, 7) is 4.01. The molecular weight excluding hydrogens is 308 g/mol. The zero-order valence-corrected chi connectivity index (χ0v) is 13.8. The summed E-state index contributed by atoms with van der Waals surface area (Å²) in [5.74, 6) is 0.462. The van der Waals surface area contributed by atoms with Gasteiger partial charge in [-0.3, -0.25) is 4.79 Å². The molecule has 21 heavy (non-hydrogen) atoms. The van der Waals surface area contributed by atoms with Gasteiger partial charge in [0.25, 0.3) is 5.91 Å². The molecule has 112 valence electrons. The van der Waals surface area contributed by atoms with E-state index in [1.165, 1.54) is 11.3 Å². The number of fused-ring (bicyclic) bond motifs is 1. The number of hydrazone groups is 1. The van der Waals surface area contributed by atoms with E-state index in [1.54, 1.807) is 7.11 Å². The van der Waals surface area contributed by atoms with Gasteiger partial charge in [0.1, 0.15) is 10.6 Å². The maximum Gasteiger partial charge on any atom is 0.283 e. The molecule has 0 saturated heterocycles. The second-order valence-electron chi connectivity index (χ2n) is 4.43. The summed E-state index contributed by atoms with van der Waals surface area (Å²) >= 11 is 7.63. The molecule has 0 aliphatic rings. The average Bonchev–Trinajstić information content (AvgIpc) is 2.84. The van der Waals surface area contributed by atoms with Crippen LogP contribution in [0.5, 0.6) is 5.75 Å². The van der Waals surface area contributed by atoms with Crippen molar-refractivity contribution < 1.29 is 9.53 Å². The molecule has 2 aromatic rings. The molecule has 0 atom stereocenters. The molecule has 0 radical (unpaired) electrons. The van der Waals surface area contributed by atoms with Crippen molar-refractivity contribution in [3.8, 4) is 5.75 Å². The smallest absolute Gasteiger partial charge is 0.283 e. The highest BCUT2D eigenvalue weighted by Gasteiger charge is 2.17. The van der Waals surface area contributed by atoms with Crippen molar-refractivity contribution in [1.29, 1.82) is 0 Å². The molecule has 0 spiro atoms. The molecule has 0 fully saturated rings. The van der Waals surface area contributed by atoms with Crippen LogP contribution >= 0.6 is 22.9 Å². The van der Waals surface area contributed by atoms with Crippen LogP contribution in [0.15, 0.2) is 23.3 Å². The lowest BCUT2D eigenvalue weighted by Gasteiger charge is -2.01. The van der Waals surface area contributed by atoms with Crippen molar-refractivity contribution in [3.05, 3.63) is 28.1 Å².